The van der Waals surface area contributed by atoms with Gasteiger partial charge in [-0.25, -0.2) is 4.39 Å². The van der Waals surface area contributed by atoms with Crippen molar-refractivity contribution >= 4 is 5.69 Å². The Bertz CT molecular complexity index is 579. The molecule has 2 aromatic rings. The SMILES string of the molecule is [N-]=[N+]=Nc1ccccc1Oc1cccc(F)c1. The number of hydrogen-bond donors (Lipinski definition) is 0. The second kappa shape index (κ2) is 5.01. The van der Waals surface area contributed by atoms with Crippen molar-refractivity contribution in [2.75, 3.05) is 0 Å². The van der Waals surface area contributed by atoms with E-state index in [-0.39, 0.29) is 5.82 Å². The summed E-state index contributed by atoms with van der Waals surface area (Å²) in [6.45, 7) is 0. The summed E-state index contributed by atoms with van der Waals surface area (Å²) in [5.41, 5.74) is 8.76. The molecule has 0 saturated carbocycles. The number of para-hydroxylation sites is 1. The fraction of sp³-hybridized carbons (Fsp3) is 0. The summed E-state index contributed by atoms with van der Waals surface area (Å²) >= 11 is 0. The molecule has 17 heavy (non-hydrogen) atoms. The quantitative estimate of drug-likeness (QED) is 0.432. The summed E-state index contributed by atoms with van der Waals surface area (Å²) in [5.74, 6) is 0.352. The molecule has 0 heterocycles. The van der Waals surface area contributed by atoms with Crippen LogP contribution in [0.4, 0.5) is 10.1 Å². The minimum atomic E-state index is -0.385. The van der Waals surface area contributed by atoms with Crippen LogP contribution in [0.5, 0.6) is 11.5 Å². The first-order chi connectivity index (χ1) is 8.29. The van der Waals surface area contributed by atoms with Crippen molar-refractivity contribution in [1.29, 1.82) is 0 Å². The first kappa shape index (κ1) is 11.0. The average Bonchev–Trinajstić information content (AvgIpc) is 2.32. The lowest BCUT2D eigenvalue weighted by molar-refractivity contribution is 0.478. The predicted molar refractivity (Wildman–Crippen MR) is 61.7 cm³/mol. The van der Waals surface area contributed by atoms with E-state index in [4.69, 9.17) is 10.3 Å². The van der Waals surface area contributed by atoms with E-state index in [9.17, 15) is 4.39 Å². The van der Waals surface area contributed by atoms with E-state index in [0.717, 1.165) is 0 Å². The van der Waals surface area contributed by atoms with E-state index >= 15 is 0 Å². The molecule has 0 saturated heterocycles. The van der Waals surface area contributed by atoms with Crippen molar-refractivity contribution in [3.63, 3.8) is 0 Å². The highest BCUT2D eigenvalue weighted by Crippen LogP contribution is 2.31. The molecule has 0 spiro atoms. The van der Waals surface area contributed by atoms with Crippen LogP contribution >= 0.6 is 0 Å². The second-order valence-corrected chi connectivity index (χ2v) is 3.22. The fourth-order valence-corrected chi connectivity index (χ4v) is 1.33. The van der Waals surface area contributed by atoms with Crippen LogP contribution in [0.1, 0.15) is 0 Å². The Hall–Kier alpha value is -2.52. The molecule has 4 nitrogen and oxygen atoms in total. The Morgan fingerprint density at radius 1 is 1.12 bits per heavy atom. The number of nitrogens with zero attached hydrogens (tertiary/aromatic N) is 3. The molecule has 84 valence electrons. The smallest absolute Gasteiger partial charge is 0.137 e. The Balaban J connectivity index is 2.33. The van der Waals surface area contributed by atoms with Gasteiger partial charge in [-0.05, 0) is 29.8 Å². The summed E-state index contributed by atoms with van der Waals surface area (Å²) in [4.78, 5) is 2.70. The molecule has 0 unspecified atom stereocenters. The topological polar surface area (TPSA) is 58.0 Å². The number of rotatable bonds is 3. The molecule has 0 atom stereocenters. The lowest BCUT2D eigenvalue weighted by Gasteiger charge is -2.07. The summed E-state index contributed by atoms with van der Waals surface area (Å²) < 4.78 is 18.4. The molecule has 0 amide bonds. The molecule has 0 fully saturated rings. The second-order valence-electron chi connectivity index (χ2n) is 3.22. The molecule has 0 aliphatic carbocycles. The van der Waals surface area contributed by atoms with E-state index in [1.807, 2.05) is 0 Å². The van der Waals surface area contributed by atoms with E-state index < -0.39 is 0 Å². The maximum Gasteiger partial charge on any atom is 0.137 e. The molecule has 2 rings (SSSR count). The number of halogens is 1. The van der Waals surface area contributed by atoms with Gasteiger partial charge in [-0.1, -0.05) is 23.3 Å². The summed E-state index contributed by atoms with van der Waals surface area (Å²) in [7, 11) is 0. The molecule has 0 aromatic heterocycles. The maximum absolute atomic E-state index is 13.0. The molecule has 0 aliphatic heterocycles. The van der Waals surface area contributed by atoms with Crippen LogP contribution in [-0.2, 0) is 0 Å². The van der Waals surface area contributed by atoms with Crippen LogP contribution in [0, 0.1) is 5.82 Å². The Morgan fingerprint density at radius 2 is 1.94 bits per heavy atom. The van der Waals surface area contributed by atoms with Gasteiger partial charge < -0.3 is 4.74 Å². The summed E-state index contributed by atoms with van der Waals surface area (Å²) in [6, 6.07) is 12.5. The van der Waals surface area contributed by atoms with Crippen molar-refractivity contribution in [2.45, 2.75) is 0 Å². The standard InChI is InChI=1S/C12H8FN3O/c13-9-4-3-5-10(8-9)17-12-7-2-1-6-11(12)15-16-14/h1-8H. The lowest BCUT2D eigenvalue weighted by atomic mass is 10.3. The van der Waals surface area contributed by atoms with Crippen molar-refractivity contribution in [1.82, 2.24) is 0 Å². The maximum atomic E-state index is 13.0. The number of ether oxygens (including phenoxy) is 1. The van der Waals surface area contributed by atoms with E-state index in [1.54, 1.807) is 36.4 Å². The number of azide groups is 1. The zero-order valence-electron chi connectivity index (χ0n) is 8.75. The highest BCUT2D eigenvalue weighted by Gasteiger charge is 2.03. The molecular formula is C12H8FN3O. The monoisotopic (exact) mass is 229 g/mol. The molecule has 0 radical (unpaired) electrons. The molecule has 0 N–H and O–H groups in total. The zero-order chi connectivity index (χ0) is 12.1. The van der Waals surface area contributed by atoms with E-state index in [1.165, 1.54) is 12.1 Å². The highest BCUT2D eigenvalue weighted by molar-refractivity contribution is 5.52. The third-order valence-electron chi connectivity index (χ3n) is 2.04. The largest absolute Gasteiger partial charge is 0.457 e. The van der Waals surface area contributed by atoms with Gasteiger partial charge in [-0.15, -0.1) is 0 Å². The van der Waals surface area contributed by atoms with Crippen LogP contribution in [0.2, 0.25) is 0 Å². The fourth-order valence-electron chi connectivity index (χ4n) is 1.33. The molecule has 5 heteroatoms. The van der Waals surface area contributed by atoms with Crippen LogP contribution in [0.15, 0.2) is 53.6 Å². The van der Waals surface area contributed by atoms with Crippen molar-refractivity contribution in [2.24, 2.45) is 5.11 Å². The van der Waals surface area contributed by atoms with Gasteiger partial charge in [-0.2, -0.15) is 0 Å². The summed E-state index contributed by atoms with van der Waals surface area (Å²) in [6.07, 6.45) is 0. The lowest BCUT2D eigenvalue weighted by Crippen LogP contribution is -1.85. The van der Waals surface area contributed by atoms with Gasteiger partial charge >= 0.3 is 0 Å². The Labute approximate surface area is 96.9 Å². The summed E-state index contributed by atoms with van der Waals surface area (Å²) in [5, 5.41) is 3.49. The molecule has 0 aliphatic rings. The van der Waals surface area contributed by atoms with E-state index in [0.29, 0.717) is 17.2 Å². The molecule has 0 bridgehead atoms. The Morgan fingerprint density at radius 3 is 2.71 bits per heavy atom. The van der Waals surface area contributed by atoms with Gasteiger partial charge in [0, 0.05) is 11.0 Å². The van der Waals surface area contributed by atoms with Gasteiger partial charge in [-0.3, -0.25) is 0 Å². The van der Waals surface area contributed by atoms with Gasteiger partial charge in [0.25, 0.3) is 0 Å². The zero-order valence-corrected chi connectivity index (χ0v) is 8.75. The Kier molecular flexibility index (Phi) is 3.23. The van der Waals surface area contributed by atoms with Crippen LogP contribution < -0.4 is 4.74 Å². The molecular weight excluding hydrogens is 221 g/mol. The van der Waals surface area contributed by atoms with E-state index in [2.05, 4.69) is 10.0 Å². The van der Waals surface area contributed by atoms with Crippen LogP contribution in [-0.4, -0.2) is 0 Å². The van der Waals surface area contributed by atoms with Crippen molar-refractivity contribution in [3.8, 4) is 11.5 Å². The highest BCUT2D eigenvalue weighted by atomic mass is 19.1. The van der Waals surface area contributed by atoms with Gasteiger partial charge in [0.05, 0.1) is 5.69 Å². The third-order valence-corrected chi connectivity index (χ3v) is 2.04. The minimum Gasteiger partial charge on any atom is -0.457 e. The minimum absolute atomic E-state index is 0.352. The first-order valence-electron chi connectivity index (χ1n) is 4.87. The predicted octanol–water partition coefficient (Wildman–Crippen LogP) is 4.56. The third kappa shape index (κ3) is 2.74. The van der Waals surface area contributed by atoms with Crippen molar-refractivity contribution in [3.05, 3.63) is 64.8 Å². The van der Waals surface area contributed by atoms with Crippen LogP contribution in [0.25, 0.3) is 10.4 Å². The van der Waals surface area contributed by atoms with Gasteiger partial charge in [0.1, 0.15) is 17.3 Å². The number of benzene rings is 2. The van der Waals surface area contributed by atoms with Crippen molar-refractivity contribution < 1.29 is 9.13 Å². The van der Waals surface area contributed by atoms with Crippen LogP contribution in [0.3, 0.4) is 0 Å². The normalized spacial score (nSPS) is 9.47. The number of hydrogen-bond acceptors (Lipinski definition) is 2. The van der Waals surface area contributed by atoms with Gasteiger partial charge in [0.15, 0.2) is 0 Å². The van der Waals surface area contributed by atoms with Gasteiger partial charge in [0.2, 0.25) is 0 Å². The first-order valence-corrected chi connectivity index (χ1v) is 4.87. The average molecular weight is 229 g/mol. The molecule has 2 aromatic carbocycles.